The van der Waals surface area contributed by atoms with Crippen LogP contribution in [0, 0.1) is 0 Å². The average molecular weight is 275 g/mol. The molecule has 0 saturated heterocycles. The fourth-order valence-corrected chi connectivity index (χ4v) is 1.11. The molecule has 0 saturated carbocycles. The van der Waals surface area contributed by atoms with E-state index in [1.54, 1.807) is 0 Å². The standard InChI is InChI=1S/C10H17N3O6/c1-5(9(17)12-4-8(15)16)13-7(14)3-2-6(11)10(18)19/h5-6H,2-4,11H2,1H3,(H,12,17)(H,13,14)(H,15,16)(H,18,19)/t5?,6-/m0/s1. The highest BCUT2D eigenvalue weighted by molar-refractivity contribution is 5.89. The van der Waals surface area contributed by atoms with Crippen LogP contribution in [0.3, 0.4) is 0 Å². The highest BCUT2D eigenvalue weighted by Crippen LogP contribution is 1.95. The van der Waals surface area contributed by atoms with E-state index in [1.165, 1.54) is 6.92 Å². The minimum absolute atomic E-state index is 0.0510. The monoisotopic (exact) mass is 275 g/mol. The summed E-state index contributed by atoms with van der Waals surface area (Å²) in [5.41, 5.74) is 5.21. The number of carbonyl (C=O) groups is 4. The van der Waals surface area contributed by atoms with Crippen LogP contribution in [0.4, 0.5) is 0 Å². The number of carbonyl (C=O) groups excluding carboxylic acids is 2. The molecule has 0 fully saturated rings. The van der Waals surface area contributed by atoms with Gasteiger partial charge < -0.3 is 26.6 Å². The second-order valence-corrected chi connectivity index (χ2v) is 3.88. The van der Waals surface area contributed by atoms with Crippen molar-refractivity contribution in [1.29, 1.82) is 0 Å². The molecule has 0 aromatic heterocycles. The molecule has 0 spiro atoms. The Morgan fingerprint density at radius 1 is 1.21 bits per heavy atom. The molecular weight excluding hydrogens is 258 g/mol. The molecule has 9 heteroatoms. The first kappa shape index (κ1) is 16.8. The third-order valence-corrected chi connectivity index (χ3v) is 2.18. The van der Waals surface area contributed by atoms with Crippen LogP contribution in [0.15, 0.2) is 0 Å². The van der Waals surface area contributed by atoms with Crippen molar-refractivity contribution < 1.29 is 29.4 Å². The van der Waals surface area contributed by atoms with Crippen molar-refractivity contribution in [2.45, 2.75) is 31.8 Å². The van der Waals surface area contributed by atoms with E-state index >= 15 is 0 Å². The fraction of sp³-hybridized carbons (Fsp3) is 0.600. The summed E-state index contributed by atoms with van der Waals surface area (Å²) in [6, 6.07) is -2.05. The first-order valence-electron chi connectivity index (χ1n) is 5.51. The van der Waals surface area contributed by atoms with Gasteiger partial charge in [0, 0.05) is 6.42 Å². The molecule has 2 amide bonds. The minimum atomic E-state index is -1.21. The van der Waals surface area contributed by atoms with Crippen LogP contribution in [-0.2, 0) is 19.2 Å². The van der Waals surface area contributed by atoms with Gasteiger partial charge in [-0.3, -0.25) is 19.2 Å². The van der Waals surface area contributed by atoms with Crippen LogP contribution in [0.5, 0.6) is 0 Å². The van der Waals surface area contributed by atoms with E-state index in [4.69, 9.17) is 15.9 Å². The van der Waals surface area contributed by atoms with Gasteiger partial charge in [-0.25, -0.2) is 0 Å². The van der Waals surface area contributed by atoms with Gasteiger partial charge in [0.2, 0.25) is 11.8 Å². The molecule has 0 aromatic rings. The molecule has 0 aliphatic heterocycles. The van der Waals surface area contributed by atoms with E-state index < -0.39 is 42.4 Å². The van der Waals surface area contributed by atoms with Crippen LogP contribution in [0.2, 0.25) is 0 Å². The van der Waals surface area contributed by atoms with Gasteiger partial charge in [0.15, 0.2) is 0 Å². The Labute approximate surface area is 109 Å². The number of hydrogen-bond donors (Lipinski definition) is 5. The van der Waals surface area contributed by atoms with Crippen LogP contribution < -0.4 is 16.4 Å². The third-order valence-electron chi connectivity index (χ3n) is 2.18. The summed E-state index contributed by atoms with van der Waals surface area (Å²) in [7, 11) is 0. The molecule has 0 radical (unpaired) electrons. The van der Waals surface area contributed by atoms with Gasteiger partial charge in [0.05, 0.1) is 0 Å². The Morgan fingerprint density at radius 2 is 1.79 bits per heavy atom. The molecule has 0 aliphatic rings. The number of carboxylic acids is 2. The van der Waals surface area contributed by atoms with Crippen molar-refractivity contribution in [3.63, 3.8) is 0 Å². The molecule has 0 aromatic carbocycles. The summed E-state index contributed by atoms with van der Waals surface area (Å²) < 4.78 is 0. The van der Waals surface area contributed by atoms with Gasteiger partial charge >= 0.3 is 11.9 Å². The normalized spacial score (nSPS) is 13.2. The van der Waals surface area contributed by atoms with Crippen LogP contribution in [0.25, 0.3) is 0 Å². The summed E-state index contributed by atoms with van der Waals surface area (Å²) in [6.07, 6.45) is -0.186. The van der Waals surface area contributed by atoms with E-state index in [0.717, 1.165) is 0 Å². The lowest BCUT2D eigenvalue weighted by Crippen LogP contribution is -2.46. The number of rotatable bonds is 8. The van der Waals surface area contributed by atoms with Gasteiger partial charge in [-0.15, -0.1) is 0 Å². The lowest BCUT2D eigenvalue weighted by atomic mass is 10.1. The number of amides is 2. The van der Waals surface area contributed by atoms with E-state index in [-0.39, 0.29) is 12.8 Å². The summed E-state index contributed by atoms with van der Waals surface area (Å²) in [5, 5.41) is 21.3. The van der Waals surface area contributed by atoms with Gasteiger partial charge in [-0.1, -0.05) is 0 Å². The number of hydrogen-bond acceptors (Lipinski definition) is 5. The smallest absolute Gasteiger partial charge is 0.322 e. The van der Waals surface area contributed by atoms with Crippen molar-refractivity contribution in [2.75, 3.05) is 6.54 Å². The zero-order valence-corrected chi connectivity index (χ0v) is 10.4. The maximum atomic E-state index is 11.4. The molecule has 6 N–H and O–H groups in total. The molecule has 19 heavy (non-hydrogen) atoms. The molecule has 2 atom stereocenters. The van der Waals surface area contributed by atoms with E-state index in [9.17, 15) is 19.2 Å². The highest BCUT2D eigenvalue weighted by atomic mass is 16.4. The number of carboxylic acid groups (broad SMARTS) is 2. The van der Waals surface area contributed by atoms with Crippen molar-refractivity contribution >= 4 is 23.8 Å². The maximum Gasteiger partial charge on any atom is 0.322 e. The lowest BCUT2D eigenvalue weighted by molar-refractivity contribution is -0.139. The topological polar surface area (TPSA) is 159 Å². The van der Waals surface area contributed by atoms with Gasteiger partial charge in [-0.05, 0) is 13.3 Å². The first-order chi connectivity index (χ1) is 8.73. The number of nitrogens with two attached hydrogens (primary N) is 1. The van der Waals surface area contributed by atoms with Crippen molar-refractivity contribution in [3.05, 3.63) is 0 Å². The molecule has 0 aliphatic carbocycles. The van der Waals surface area contributed by atoms with E-state index in [0.29, 0.717) is 0 Å². The zero-order valence-electron chi connectivity index (χ0n) is 10.4. The SMILES string of the molecule is CC(NC(=O)CC[C@H](N)C(=O)O)C(=O)NCC(=O)O. The average Bonchev–Trinajstić information content (AvgIpc) is 2.32. The summed E-state index contributed by atoms with van der Waals surface area (Å²) >= 11 is 0. The molecule has 1 unspecified atom stereocenters. The third kappa shape index (κ3) is 7.71. The Kier molecular flexibility index (Phi) is 7.12. The van der Waals surface area contributed by atoms with Crippen molar-refractivity contribution in [3.8, 4) is 0 Å². The second-order valence-electron chi connectivity index (χ2n) is 3.88. The van der Waals surface area contributed by atoms with Crippen LogP contribution in [0.1, 0.15) is 19.8 Å². The Hall–Kier alpha value is -2.16. The maximum absolute atomic E-state index is 11.4. The quantitative estimate of drug-likeness (QED) is 0.338. The van der Waals surface area contributed by atoms with Crippen LogP contribution in [-0.4, -0.2) is 52.6 Å². The summed E-state index contributed by atoms with van der Waals surface area (Å²) in [6.45, 7) is 0.842. The zero-order chi connectivity index (χ0) is 15.0. The number of aliphatic carboxylic acids is 2. The molecule has 0 bridgehead atoms. The Morgan fingerprint density at radius 3 is 2.26 bits per heavy atom. The second kappa shape index (κ2) is 8.03. The summed E-state index contributed by atoms with van der Waals surface area (Å²) in [4.78, 5) is 43.3. The van der Waals surface area contributed by atoms with Crippen molar-refractivity contribution in [2.24, 2.45) is 5.73 Å². The highest BCUT2D eigenvalue weighted by Gasteiger charge is 2.18. The molecule has 0 heterocycles. The molecular formula is C10H17N3O6. The predicted molar refractivity (Wildman–Crippen MR) is 63.1 cm³/mol. The van der Waals surface area contributed by atoms with Crippen LogP contribution >= 0.6 is 0 Å². The Balaban J connectivity index is 4.01. The van der Waals surface area contributed by atoms with Gasteiger partial charge in [0.1, 0.15) is 18.6 Å². The van der Waals surface area contributed by atoms with Gasteiger partial charge in [0.25, 0.3) is 0 Å². The first-order valence-corrected chi connectivity index (χ1v) is 5.51. The number of nitrogens with one attached hydrogen (secondary N) is 2. The Bertz CT molecular complexity index is 370. The van der Waals surface area contributed by atoms with E-state index in [2.05, 4.69) is 10.6 Å². The molecule has 0 rings (SSSR count). The lowest BCUT2D eigenvalue weighted by Gasteiger charge is -2.13. The summed E-state index contributed by atoms with van der Waals surface area (Å²) in [5.74, 6) is -3.58. The predicted octanol–water partition coefficient (Wildman–Crippen LogP) is -2.12. The van der Waals surface area contributed by atoms with Crippen molar-refractivity contribution in [1.82, 2.24) is 10.6 Å². The minimum Gasteiger partial charge on any atom is -0.480 e. The molecule has 108 valence electrons. The largest absolute Gasteiger partial charge is 0.480 e. The fourth-order valence-electron chi connectivity index (χ4n) is 1.11. The van der Waals surface area contributed by atoms with E-state index in [1.807, 2.05) is 0 Å². The van der Waals surface area contributed by atoms with Gasteiger partial charge in [-0.2, -0.15) is 0 Å². The molecule has 9 nitrogen and oxygen atoms in total.